The monoisotopic (exact) mass is 946 g/mol. The van der Waals surface area contributed by atoms with Crippen molar-refractivity contribution in [1.82, 2.24) is 0 Å². The first kappa shape index (κ1) is 42.9. The third-order valence-electron chi connectivity index (χ3n) is 14.4. The molecule has 0 radical (unpaired) electrons. The quantitative estimate of drug-likeness (QED) is 0.137. The molecular formula is C70H46N2O2. The van der Waals surface area contributed by atoms with Gasteiger partial charge in [-0.3, -0.25) is 0 Å². The van der Waals surface area contributed by atoms with Crippen LogP contribution < -0.4 is 9.80 Å². The molecular weight excluding hydrogens is 901 g/mol. The zero-order valence-electron chi connectivity index (χ0n) is 40.3. The minimum Gasteiger partial charge on any atom is -0.456 e. The highest BCUT2D eigenvalue weighted by Gasteiger charge is 2.27. The molecule has 0 amide bonds. The smallest absolute Gasteiger partial charge is 0.137 e. The molecule has 4 heteroatoms. The minimum atomic E-state index is 0.825. The molecule has 0 aliphatic heterocycles. The van der Waals surface area contributed by atoms with Gasteiger partial charge in [-0.2, -0.15) is 0 Å². The predicted octanol–water partition coefficient (Wildman–Crippen LogP) is 20.2. The highest BCUT2D eigenvalue weighted by molar-refractivity contribution is 6.12. The molecule has 14 aromatic rings. The van der Waals surface area contributed by atoms with Gasteiger partial charge in [0.15, 0.2) is 0 Å². The zero-order valence-corrected chi connectivity index (χ0v) is 40.3. The number of para-hydroxylation sites is 4. The Morgan fingerprint density at radius 3 is 1.14 bits per heavy atom. The van der Waals surface area contributed by atoms with E-state index < -0.39 is 0 Å². The highest BCUT2D eigenvalue weighted by atomic mass is 16.3. The van der Waals surface area contributed by atoms with Gasteiger partial charge in [0.25, 0.3) is 0 Å². The number of anilines is 6. The van der Waals surface area contributed by atoms with Gasteiger partial charge in [0, 0.05) is 67.1 Å². The van der Waals surface area contributed by atoms with E-state index in [1.807, 2.05) is 24.3 Å². The molecule has 12 aromatic carbocycles. The molecule has 2 heterocycles. The fraction of sp³-hybridized carbons (Fsp3) is 0. The third kappa shape index (κ3) is 7.48. The van der Waals surface area contributed by atoms with Gasteiger partial charge in [-0.1, -0.05) is 194 Å². The first-order chi connectivity index (χ1) is 36.7. The third-order valence-corrected chi connectivity index (χ3v) is 14.4. The zero-order chi connectivity index (χ0) is 49.0. The number of fused-ring (bicyclic) bond motifs is 7. The number of rotatable bonds is 10. The number of nitrogens with zero attached hydrogens (tertiary/aromatic N) is 2. The van der Waals surface area contributed by atoms with Crippen LogP contribution in [0.5, 0.6) is 0 Å². The van der Waals surface area contributed by atoms with Gasteiger partial charge >= 0.3 is 0 Å². The maximum Gasteiger partial charge on any atom is 0.137 e. The fourth-order valence-corrected chi connectivity index (χ4v) is 11.0. The van der Waals surface area contributed by atoms with E-state index in [0.29, 0.717) is 0 Å². The molecule has 74 heavy (non-hydrogen) atoms. The first-order valence-electron chi connectivity index (χ1n) is 25.1. The summed E-state index contributed by atoms with van der Waals surface area (Å²) in [6.07, 6.45) is 0. The van der Waals surface area contributed by atoms with Gasteiger partial charge in [0.1, 0.15) is 22.3 Å². The number of hydrogen-bond donors (Lipinski definition) is 0. The van der Waals surface area contributed by atoms with Crippen LogP contribution in [0.2, 0.25) is 0 Å². The lowest BCUT2D eigenvalue weighted by molar-refractivity contribution is 0.668. The van der Waals surface area contributed by atoms with Crippen molar-refractivity contribution in [3.63, 3.8) is 0 Å². The second-order valence-electron chi connectivity index (χ2n) is 18.8. The Labute approximate surface area is 428 Å². The molecule has 0 saturated heterocycles. The molecule has 0 spiro atoms. The number of furan rings is 2. The van der Waals surface area contributed by atoms with E-state index in [2.05, 4.69) is 265 Å². The number of benzene rings is 12. The van der Waals surface area contributed by atoms with Crippen LogP contribution in [0.4, 0.5) is 34.1 Å². The summed E-state index contributed by atoms with van der Waals surface area (Å²) >= 11 is 0. The summed E-state index contributed by atoms with van der Waals surface area (Å²) in [5.74, 6) is 0. The minimum absolute atomic E-state index is 0.825. The summed E-state index contributed by atoms with van der Waals surface area (Å²) in [6.45, 7) is 0. The molecule has 0 bridgehead atoms. The van der Waals surface area contributed by atoms with E-state index in [4.69, 9.17) is 8.83 Å². The van der Waals surface area contributed by atoms with Gasteiger partial charge < -0.3 is 18.6 Å². The summed E-state index contributed by atoms with van der Waals surface area (Å²) in [6, 6.07) is 99.9. The van der Waals surface area contributed by atoms with Crippen molar-refractivity contribution in [3.05, 3.63) is 279 Å². The Kier molecular flexibility index (Phi) is 10.5. The van der Waals surface area contributed by atoms with Gasteiger partial charge in [0.2, 0.25) is 0 Å². The summed E-state index contributed by atoms with van der Waals surface area (Å²) in [5, 5.41) is 6.51. The van der Waals surface area contributed by atoms with Crippen molar-refractivity contribution in [2.75, 3.05) is 9.80 Å². The van der Waals surface area contributed by atoms with E-state index >= 15 is 0 Å². The van der Waals surface area contributed by atoms with Gasteiger partial charge in [-0.25, -0.2) is 0 Å². The predicted molar refractivity (Wildman–Crippen MR) is 310 cm³/mol. The maximum absolute atomic E-state index is 6.68. The molecule has 0 fully saturated rings. The van der Waals surface area contributed by atoms with Crippen molar-refractivity contribution in [3.8, 4) is 44.5 Å². The van der Waals surface area contributed by atoms with Crippen LogP contribution in [0.3, 0.4) is 0 Å². The largest absolute Gasteiger partial charge is 0.456 e. The average molecular weight is 947 g/mol. The van der Waals surface area contributed by atoms with E-state index in [1.54, 1.807) is 0 Å². The molecule has 348 valence electrons. The van der Waals surface area contributed by atoms with Crippen LogP contribution in [0, 0.1) is 0 Å². The van der Waals surface area contributed by atoms with Crippen LogP contribution in [-0.4, -0.2) is 0 Å². The van der Waals surface area contributed by atoms with Crippen molar-refractivity contribution in [2.45, 2.75) is 0 Å². The SMILES string of the molecule is c1ccc(-c2cc(N(c3ccc4c(c3)oc3ccccc34)c3ccccc3-c3ccccc3)c3cc(N(c4ccc5c(c4)oc4ccccc45)c4ccccc4-c4ccccc4)c(-c4ccccc4)cc3c2)cc1. The normalized spacial score (nSPS) is 11.5. The van der Waals surface area contributed by atoms with E-state index in [1.165, 1.54) is 0 Å². The van der Waals surface area contributed by atoms with Gasteiger partial charge in [-0.05, 0) is 106 Å². The van der Waals surface area contributed by atoms with Crippen LogP contribution >= 0.6 is 0 Å². The second-order valence-corrected chi connectivity index (χ2v) is 18.8. The van der Waals surface area contributed by atoms with Crippen LogP contribution in [0.25, 0.3) is 99.2 Å². The molecule has 4 nitrogen and oxygen atoms in total. The van der Waals surface area contributed by atoms with Crippen molar-refractivity contribution < 1.29 is 8.83 Å². The Balaban J connectivity index is 1.11. The Morgan fingerprint density at radius 1 is 0.216 bits per heavy atom. The molecule has 0 aliphatic carbocycles. The summed E-state index contributed by atoms with van der Waals surface area (Å²) < 4.78 is 13.4. The van der Waals surface area contributed by atoms with Gasteiger partial charge in [-0.15, -0.1) is 0 Å². The van der Waals surface area contributed by atoms with Crippen molar-refractivity contribution in [2.24, 2.45) is 0 Å². The Hall–Kier alpha value is -9.90. The van der Waals surface area contributed by atoms with E-state index in [9.17, 15) is 0 Å². The molecule has 0 aliphatic rings. The van der Waals surface area contributed by atoms with E-state index in [-0.39, 0.29) is 0 Å². The lowest BCUT2D eigenvalue weighted by Crippen LogP contribution is -2.14. The van der Waals surface area contributed by atoms with Crippen LogP contribution in [-0.2, 0) is 0 Å². The van der Waals surface area contributed by atoms with Crippen molar-refractivity contribution >= 4 is 88.8 Å². The molecule has 0 saturated carbocycles. The Bertz CT molecular complexity index is 4370. The molecule has 2 aromatic heterocycles. The molecule has 0 N–H and O–H groups in total. The Morgan fingerprint density at radius 2 is 0.622 bits per heavy atom. The second kappa shape index (κ2) is 18.1. The van der Waals surface area contributed by atoms with Crippen LogP contribution in [0.1, 0.15) is 0 Å². The molecule has 0 unspecified atom stereocenters. The fourth-order valence-electron chi connectivity index (χ4n) is 11.0. The lowest BCUT2D eigenvalue weighted by atomic mass is 9.92. The average Bonchev–Trinajstić information content (AvgIpc) is 4.04. The summed E-state index contributed by atoms with van der Waals surface area (Å²) in [7, 11) is 0. The standard InChI is InChI=1S/C70H46N2O2/c1-5-21-47(22-6-1)51-41-52-42-61(50-27-11-4-12-28-50)66(72(64-34-18-14-30-56(64)49-25-9-3-10-26-49)54-38-40-60-58-32-16-20-36-68(58)74-70(60)45-54)46-62(52)65(43-51)71(63-33-17-13-29-55(63)48-23-7-2-8-24-48)53-37-39-59-57-31-15-19-35-67(57)73-69(59)44-53/h1-46H. The maximum atomic E-state index is 6.68. The van der Waals surface area contributed by atoms with Crippen LogP contribution in [0.15, 0.2) is 288 Å². The van der Waals surface area contributed by atoms with Crippen molar-refractivity contribution in [1.29, 1.82) is 0 Å². The highest BCUT2D eigenvalue weighted by Crippen LogP contribution is 2.51. The van der Waals surface area contributed by atoms with E-state index in [0.717, 1.165) is 133 Å². The van der Waals surface area contributed by atoms with Gasteiger partial charge in [0.05, 0.1) is 22.7 Å². The summed E-state index contributed by atoms with van der Waals surface area (Å²) in [5.41, 5.74) is 18.3. The topological polar surface area (TPSA) is 32.8 Å². The number of hydrogen-bond acceptors (Lipinski definition) is 4. The first-order valence-corrected chi connectivity index (χ1v) is 25.1. The lowest BCUT2D eigenvalue weighted by Gasteiger charge is -2.32. The summed E-state index contributed by atoms with van der Waals surface area (Å²) in [4.78, 5) is 4.88. The molecule has 14 rings (SSSR count). The molecule has 0 atom stereocenters.